The molecule has 0 radical (unpaired) electrons. The fourth-order valence-electron chi connectivity index (χ4n) is 0.982. The number of hydrogen-bond acceptors (Lipinski definition) is 4. The molecule has 0 aromatic heterocycles. The van der Waals surface area contributed by atoms with Gasteiger partial charge in [0.25, 0.3) is 5.69 Å². The molecule has 1 aromatic carbocycles. The smallest absolute Gasteiger partial charge is 0.269 e. The lowest BCUT2D eigenvalue weighted by atomic mass is 10.2. The van der Waals surface area contributed by atoms with Crippen LogP contribution in [0, 0.1) is 10.1 Å². The predicted molar refractivity (Wildman–Crippen MR) is 66.0 cm³/mol. The second-order valence-corrected chi connectivity index (χ2v) is 4.25. The number of nitrogens with one attached hydrogen (secondary N) is 1. The Morgan fingerprint density at radius 1 is 1.53 bits per heavy atom. The standard InChI is InChI=1S/C9H10N2O2S2/c1-15-9(14)10-6-7-2-4-8(5-3-7)11(12)13/h2-5H,6H2,1H3,(H,10,14). The van der Waals surface area contributed by atoms with Crippen molar-refractivity contribution < 1.29 is 4.92 Å². The Bertz CT molecular complexity index is 365. The van der Waals surface area contributed by atoms with E-state index in [1.807, 2.05) is 6.26 Å². The molecule has 0 saturated carbocycles. The van der Waals surface area contributed by atoms with Crippen molar-refractivity contribution in [3.8, 4) is 0 Å². The Morgan fingerprint density at radius 3 is 2.60 bits per heavy atom. The van der Waals surface area contributed by atoms with E-state index < -0.39 is 4.92 Å². The van der Waals surface area contributed by atoms with Gasteiger partial charge in [-0.15, -0.1) is 11.8 Å². The highest BCUT2D eigenvalue weighted by Crippen LogP contribution is 2.11. The molecule has 0 saturated heterocycles. The summed E-state index contributed by atoms with van der Waals surface area (Å²) < 4.78 is 0.716. The van der Waals surface area contributed by atoms with Crippen LogP contribution in [0.3, 0.4) is 0 Å². The van der Waals surface area contributed by atoms with E-state index in [4.69, 9.17) is 12.2 Å². The lowest BCUT2D eigenvalue weighted by Crippen LogP contribution is -2.16. The van der Waals surface area contributed by atoms with Gasteiger partial charge in [-0.3, -0.25) is 10.1 Å². The summed E-state index contributed by atoms with van der Waals surface area (Å²) in [6.45, 7) is 0.595. The first-order valence-electron chi connectivity index (χ1n) is 4.18. The van der Waals surface area contributed by atoms with Crippen LogP contribution in [0.2, 0.25) is 0 Å². The van der Waals surface area contributed by atoms with E-state index in [-0.39, 0.29) is 5.69 Å². The predicted octanol–water partition coefficient (Wildman–Crippen LogP) is 2.33. The molecule has 80 valence electrons. The number of nitrogens with zero attached hydrogens (tertiary/aromatic N) is 1. The lowest BCUT2D eigenvalue weighted by Gasteiger charge is -2.04. The first-order valence-corrected chi connectivity index (χ1v) is 5.82. The Hall–Kier alpha value is -1.14. The van der Waals surface area contributed by atoms with Crippen LogP contribution in [0.5, 0.6) is 0 Å². The van der Waals surface area contributed by atoms with Gasteiger partial charge >= 0.3 is 0 Å². The third-order valence-corrected chi connectivity index (χ3v) is 2.93. The zero-order valence-electron chi connectivity index (χ0n) is 8.10. The molecule has 0 bridgehead atoms. The van der Waals surface area contributed by atoms with E-state index >= 15 is 0 Å². The number of thiocarbonyl (C=S) groups is 1. The molecule has 15 heavy (non-hydrogen) atoms. The van der Waals surface area contributed by atoms with Gasteiger partial charge in [-0.05, 0) is 11.8 Å². The highest BCUT2D eigenvalue weighted by atomic mass is 32.2. The molecule has 1 N–H and O–H groups in total. The third-order valence-electron chi connectivity index (χ3n) is 1.77. The first-order chi connectivity index (χ1) is 7.13. The zero-order valence-corrected chi connectivity index (χ0v) is 9.73. The highest BCUT2D eigenvalue weighted by Gasteiger charge is 2.03. The van der Waals surface area contributed by atoms with Gasteiger partial charge in [0, 0.05) is 18.7 Å². The Morgan fingerprint density at radius 2 is 2.13 bits per heavy atom. The number of nitro benzene ring substituents is 1. The van der Waals surface area contributed by atoms with Crippen molar-refractivity contribution in [3.63, 3.8) is 0 Å². The fourth-order valence-corrected chi connectivity index (χ4v) is 1.27. The van der Waals surface area contributed by atoms with Gasteiger partial charge in [0.2, 0.25) is 0 Å². The van der Waals surface area contributed by atoms with Crippen LogP contribution >= 0.6 is 24.0 Å². The van der Waals surface area contributed by atoms with Crippen molar-refractivity contribution >= 4 is 34.0 Å². The molecule has 0 spiro atoms. The topological polar surface area (TPSA) is 55.2 Å². The quantitative estimate of drug-likeness (QED) is 0.501. The minimum absolute atomic E-state index is 0.103. The maximum Gasteiger partial charge on any atom is 0.269 e. The molecule has 4 nitrogen and oxygen atoms in total. The van der Waals surface area contributed by atoms with E-state index in [1.54, 1.807) is 12.1 Å². The molecule has 0 aliphatic carbocycles. The molecule has 1 rings (SSSR count). The van der Waals surface area contributed by atoms with Crippen molar-refractivity contribution in [1.29, 1.82) is 0 Å². The summed E-state index contributed by atoms with van der Waals surface area (Å²) in [5, 5.41) is 13.4. The van der Waals surface area contributed by atoms with E-state index in [1.165, 1.54) is 23.9 Å². The molecular weight excluding hydrogens is 232 g/mol. The second kappa shape index (κ2) is 5.67. The van der Waals surface area contributed by atoms with Gasteiger partial charge in [-0.25, -0.2) is 0 Å². The molecular formula is C9H10N2O2S2. The summed E-state index contributed by atoms with van der Waals surface area (Å²) in [5.74, 6) is 0. The maximum absolute atomic E-state index is 10.4. The van der Waals surface area contributed by atoms with Gasteiger partial charge in [-0.2, -0.15) is 0 Å². The monoisotopic (exact) mass is 242 g/mol. The van der Waals surface area contributed by atoms with Crippen molar-refractivity contribution in [1.82, 2.24) is 5.32 Å². The summed E-state index contributed by atoms with van der Waals surface area (Å²) in [6.07, 6.45) is 1.89. The van der Waals surface area contributed by atoms with Crippen LogP contribution in [0.15, 0.2) is 24.3 Å². The Labute approximate surface area is 97.2 Å². The fraction of sp³-hybridized carbons (Fsp3) is 0.222. The lowest BCUT2D eigenvalue weighted by molar-refractivity contribution is -0.384. The number of nitro groups is 1. The van der Waals surface area contributed by atoms with Crippen LogP contribution < -0.4 is 5.32 Å². The van der Waals surface area contributed by atoms with Crippen LogP contribution in [0.1, 0.15) is 5.56 Å². The van der Waals surface area contributed by atoms with Crippen molar-refractivity contribution in [2.45, 2.75) is 6.54 Å². The molecule has 1 aromatic rings. The van der Waals surface area contributed by atoms with Gasteiger partial charge < -0.3 is 5.32 Å². The Kier molecular flexibility index (Phi) is 4.51. The van der Waals surface area contributed by atoms with E-state index in [9.17, 15) is 10.1 Å². The van der Waals surface area contributed by atoms with E-state index in [2.05, 4.69) is 5.32 Å². The zero-order chi connectivity index (χ0) is 11.3. The normalized spacial score (nSPS) is 9.67. The first kappa shape index (κ1) is 11.9. The Balaban J connectivity index is 2.57. The number of hydrogen-bond donors (Lipinski definition) is 1. The van der Waals surface area contributed by atoms with Crippen LogP contribution in [0.4, 0.5) is 5.69 Å². The third kappa shape index (κ3) is 3.85. The second-order valence-electron chi connectivity index (χ2n) is 2.77. The summed E-state index contributed by atoms with van der Waals surface area (Å²) in [5.41, 5.74) is 1.07. The van der Waals surface area contributed by atoms with Crippen molar-refractivity contribution in [2.24, 2.45) is 0 Å². The molecule has 0 fully saturated rings. The molecule has 0 unspecified atom stereocenters. The number of non-ortho nitro benzene ring substituents is 1. The van der Waals surface area contributed by atoms with Gasteiger partial charge in [0.05, 0.1) is 4.92 Å². The molecule has 0 aliphatic heterocycles. The van der Waals surface area contributed by atoms with Crippen LogP contribution in [-0.4, -0.2) is 15.5 Å². The average Bonchev–Trinajstić information content (AvgIpc) is 2.26. The van der Waals surface area contributed by atoms with Gasteiger partial charge in [0.1, 0.15) is 4.32 Å². The van der Waals surface area contributed by atoms with E-state index in [0.717, 1.165) is 5.56 Å². The number of thioether (sulfide) groups is 1. The van der Waals surface area contributed by atoms with Crippen LogP contribution in [0.25, 0.3) is 0 Å². The molecule has 0 heterocycles. The number of rotatable bonds is 3. The maximum atomic E-state index is 10.4. The van der Waals surface area contributed by atoms with Gasteiger partial charge in [-0.1, -0.05) is 24.4 Å². The molecule has 0 aliphatic rings. The van der Waals surface area contributed by atoms with Crippen molar-refractivity contribution in [2.75, 3.05) is 6.26 Å². The molecule has 0 atom stereocenters. The highest BCUT2D eigenvalue weighted by molar-refractivity contribution is 8.22. The minimum Gasteiger partial charge on any atom is -0.367 e. The summed E-state index contributed by atoms with van der Waals surface area (Å²) in [7, 11) is 0. The summed E-state index contributed by atoms with van der Waals surface area (Å²) >= 11 is 6.43. The SMILES string of the molecule is CSC(=S)NCc1ccc([N+](=O)[O-])cc1. The van der Waals surface area contributed by atoms with Crippen molar-refractivity contribution in [3.05, 3.63) is 39.9 Å². The molecule has 6 heteroatoms. The molecule has 0 amide bonds. The minimum atomic E-state index is -0.413. The van der Waals surface area contributed by atoms with Gasteiger partial charge in [0.15, 0.2) is 0 Å². The number of benzene rings is 1. The summed E-state index contributed by atoms with van der Waals surface area (Å²) in [6, 6.07) is 6.40. The summed E-state index contributed by atoms with van der Waals surface area (Å²) in [4.78, 5) is 9.98. The largest absolute Gasteiger partial charge is 0.367 e. The van der Waals surface area contributed by atoms with E-state index in [0.29, 0.717) is 10.9 Å². The average molecular weight is 242 g/mol. The van der Waals surface area contributed by atoms with Crippen LogP contribution in [-0.2, 0) is 6.54 Å².